The molecule has 0 aliphatic carbocycles. The molecule has 4 N–H and O–H groups in total. The summed E-state index contributed by atoms with van der Waals surface area (Å²) in [6, 6.07) is 10.1. The second-order valence-corrected chi connectivity index (χ2v) is 4.36. The van der Waals surface area contributed by atoms with Crippen molar-refractivity contribution in [2.75, 3.05) is 0 Å². The minimum absolute atomic E-state index is 0.0237. The topological polar surface area (TPSA) is 102 Å². The molecular weight excluding hydrogens is 272 g/mol. The van der Waals surface area contributed by atoms with Crippen LogP contribution in [0.5, 0.6) is 17.2 Å². The molecule has 0 saturated heterocycles. The van der Waals surface area contributed by atoms with Crippen molar-refractivity contribution >= 4 is 11.6 Å². The molecule has 0 unspecified atom stereocenters. The molecule has 2 aromatic carbocycles. The second kappa shape index (κ2) is 5.96. The lowest BCUT2D eigenvalue weighted by Gasteiger charge is -2.06. The Bertz CT molecular complexity index is 711. The van der Waals surface area contributed by atoms with E-state index >= 15 is 0 Å². The van der Waals surface area contributed by atoms with Gasteiger partial charge in [-0.25, -0.2) is 5.43 Å². The Kier molecular flexibility index (Phi) is 4.08. The van der Waals surface area contributed by atoms with Gasteiger partial charge in [-0.3, -0.25) is 4.79 Å². The number of carbonyl (C=O) groups excluding carboxylic acids is 1. The molecule has 0 fully saturated rings. The smallest absolute Gasteiger partial charge is 0.275 e. The maximum Gasteiger partial charge on any atom is 0.275 e. The maximum atomic E-state index is 11.9. The van der Waals surface area contributed by atoms with Gasteiger partial charge in [-0.2, -0.15) is 5.10 Å². The average Bonchev–Trinajstić information content (AvgIpc) is 2.47. The quantitative estimate of drug-likeness (QED) is 0.393. The maximum absolute atomic E-state index is 11.9. The van der Waals surface area contributed by atoms with Gasteiger partial charge in [0.25, 0.3) is 5.91 Å². The van der Waals surface area contributed by atoms with E-state index in [4.69, 9.17) is 0 Å². The van der Waals surface area contributed by atoms with Crippen molar-refractivity contribution in [3.8, 4) is 17.2 Å². The van der Waals surface area contributed by atoms with Gasteiger partial charge in [0.1, 0.15) is 17.2 Å². The highest BCUT2D eigenvalue weighted by Crippen LogP contribution is 2.22. The molecule has 0 saturated carbocycles. The Hall–Kier alpha value is -3.02. The van der Waals surface area contributed by atoms with Crippen molar-refractivity contribution in [2.24, 2.45) is 5.10 Å². The molecule has 0 spiro atoms. The van der Waals surface area contributed by atoms with Crippen molar-refractivity contribution in [3.05, 3.63) is 53.6 Å². The molecule has 2 rings (SSSR count). The summed E-state index contributed by atoms with van der Waals surface area (Å²) in [6.45, 7) is 1.57. The molecule has 108 valence electrons. The van der Waals surface area contributed by atoms with E-state index in [1.165, 1.54) is 30.3 Å². The van der Waals surface area contributed by atoms with Gasteiger partial charge in [-0.1, -0.05) is 12.1 Å². The molecule has 6 nitrogen and oxygen atoms in total. The van der Waals surface area contributed by atoms with Crippen LogP contribution in [0.4, 0.5) is 0 Å². The summed E-state index contributed by atoms with van der Waals surface area (Å²) in [5, 5.41) is 32.5. The van der Waals surface area contributed by atoms with Gasteiger partial charge in [0, 0.05) is 5.56 Å². The number of nitrogens with zero attached hydrogens (tertiary/aromatic N) is 1. The number of aromatic hydroxyl groups is 3. The molecule has 0 radical (unpaired) electrons. The lowest BCUT2D eigenvalue weighted by molar-refractivity contribution is 0.0952. The third-order valence-corrected chi connectivity index (χ3v) is 2.84. The monoisotopic (exact) mass is 286 g/mol. The lowest BCUT2D eigenvalue weighted by atomic mass is 10.1. The highest BCUT2D eigenvalue weighted by molar-refractivity contribution is 6.03. The third kappa shape index (κ3) is 3.30. The van der Waals surface area contributed by atoms with Crippen LogP contribution in [0.2, 0.25) is 0 Å². The van der Waals surface area contributed by atoms with Crippen LogP contribution in [-0.4, -0.2) is 26.9 Å². The molecular formula is C15H14N2O4. The van der Waals surface area contributed by atoms with E-state index in [2.05, 4.69) is 10.5 Å². The summed E-state index contributed by atoms with van der Waals surface area (Å²) in [4.78, 5) is 11.9. The molecule has 2 aromatic rings. The van der Waals surface area contributed by atoms with Crippen LogP contribution in [0.1, 0.15) is 22.8 Å². The first-order valence-electron chi connectivity index (χ1n) is 6.14. The predicted octanol–water partition coefficient (Wildman–Crippen LogP) is 1.96. The van der Waals surface area contributed by atoms with Crippen molar-refractivity contribution in [1.29, 1.82) is 0 Å². The van der Waals surface area contributed by atoms with E-state index in [-0.39, 0.29) is 22.8 Å². The Labute approximate surface area is 121 Å². The fourth-order valence-corrected chi connectivity index (χ4v) is 1.73. The van der Waals surface area contributed by atoms with Gasteiger partial charge in [0.2, 0.25) is 0 Å². The number of nitrogens with one attached hydrogen (secondary N) is 1. The van der Waals surface area contributed by atoms with Crippen molar-refractivity contribution in [1.82, 2.24) is 5.43 Å². The first kappa shape index (κ1) is 14.4. The molecule has 0 aromatic heterocycles. The van der Waals surface area contributed by atoms with Gasteiger partial charge < -0.3 is 15.3 Å². The standard InChI is InChI=1S/C15H14N2O4/c1-9(12-8-10(18)6-7-14(12)20)16-17-15(21)11-4-2-3-5-13(11)19/h2-8,18-20H,1H3,(H,17,21). The van der Waals surface area contributed by atoms with Crippen molar-refractivity contribution in [2.45, 2.75) is 6.92 Å². The molecule has 0 bridgehead atoms. The number of benzene rings is 2. The minimum atomic E-state index is -0.577. The summed E-state index contributed by atoms with van der Waals surface area (Å²) >= 11 is 0. The van der Waals surface area contributed by atoms with Gasteiger partial charge >= 0.3 is 0 Å². The fraction of sp³-hybridized carbons (Fsp3) is 0.0667. The predicted molar refractivity (Wildman–Crippen MR) is 77.6 cm³/mol. The van der Waals surface area contributed by atoms with Crippen LogP contribution in [0, 0.1) is 0 Å². The lowest BCUT2D eigenvalue weighted by Crippen LogP contribution is -2.19. The number of carbonyl (C=O) groups is 1. The number of para-hydroxylation sites is 1. The second-order valence-electron chi connectivity index (χ2n) is 4.36. The highest BCUT2D eigenvalue weighted by atomic mass is 16.3. The zero-order valence-corrected chi connectivity index (χ0v) is 11.2. The Morgan fingerprint density at radius 3 is 2.38 bits per heavy atom. The van der Waals surface area contributed by atoms with E-state index in [1.807, 2.05) is 0 Å². The molecule has 0 heterocycles. The first-order valence-corrected chi connectivity index (χ1v) is 6.14. The number of amides is 1. The van der Waals surface area contributed by atoms with Crippen LogP contribution >= 0.6 is 0 Å². The first-order chi connectivity index (χ1) is 9.99. The average molecular weight is 286 g/mol. The van der Waals surface area contributed by atoms with Crippen LogP contribution < -0.4 is 5.43 Å². The molecule has 0 aliphatic heterocycles. The number of rotatable bonds is 3. The van der Waals surface area contributed by atoms with Crippen molar-refractivity contribution in [3.63, 3.8) is 0 Å². The minimum Gasteiger partial charge on any atom is -0.508 e. The molecule has 0 atom stereocenters. The number of phenolic OH excluding ortho intramolecular Hbond substituents is 3. The highest BCUT2D eigenvalue weighted by Gasteiger charge is 2.10. The third-order valence-electron chi connectivity index (χ3n) is 2.84. The van der Waals surface area contributed by atoms with Gasteiger partial charge in [-0.15, -0.1) is 0 Å². The van der Waals surface area contributed by atoms with Gasteiger partial charge in [0.05, 0.1) is 11.3 Å². The van der Waals surface area contributed by atoms with E-state index in [0.717, 1.165) is 0 Å². The zero-order valence-electron chi connectivity index (χ0n) is 11.2. The Morgan fingerprint density at radius 1 is 1.00 bits per heavy atom. The van der Waals surface area contributed by atoms with Crippen LogP contribution in [0.25, 0.3) is 0 Å². The van der Waals surface area contributed by atoms with E-state index in [1.54, 1.807) is 19.1 Å². The van der Waals surface area contributed by atoms with Crippen LogP contribution in [-0.2, 0) is 0 Å². The largest absolute Gasteiger partial charge is 0.508 e. The van der Waals surface area contributed by atoms with E-state index in [9.17, 15) is 20.1 Å². The normalized spacial score (nSPS) is 11.2. The Balaban J connectivity index is 2.19. The summed E-state index contributed by atoms with van der Waals surface area (Å²) in [5.74, 6) is -0.814. The summed E-state index contributed by atoms with van der Waals surface area (Å²) in [7, 11) is 0. The number of hydrazone groups is 1. The SMILES string of the molecule is CC(=NNC(=O)c1ccccc1O)c1cc(O)ccc1O. The number of hydrogen-bond donors (Lipinski definition) is 4. The molecule has 6 heteroatoms. The van der Waals surface area contributed by atoms with Gasteiger partial charge in [-0.05, 0) is 37.3 Å². The van der Waals surface area contributed by atoms with E-state index in [0.29, 0.717) is 11.3 Å². The summed E-state index contributed by atoms with van der Waals surface area (Å²) in [5.41, 5.74) is 2.98. The Morgan fingerprint density at radius 2 is 1.67 bits per heavy atom. The van der Waals surface area contributed by atoms with Crippen LogP contribution in [0.3, 0.4) is 0 Å². The van der Waals surface area contributed by atoms with E-state index < -0.39 is 5.91 Å². The number of phenols is 3. The fourth-order valence-electron chi connectivity index (χ4n) is 1.73. The van der Waals surface area contributed by atoms with Gasteiger partial charge in [0.15, 0.2) is 0 Å². The van der Waals surface area contributed by atoms with Crippen LogP contribution in [0.15, 0.2) is 47.6 Å². The number of hydrogen-bond acceptors (Lipinski definition) is 5. The molecule has 1 amide bonds. The molecule has 21 heavy (non-hydrogen) atoms. The summed E-state index contributed by atoms with van der Waals surface area (Å²) < 4.78 is 0. The zero-order chi connectivity index (χ0) is 15.4. The van der Waals surface area contributed by atoms with Crippen molar-refractivity contribution < 1.29 is 20.1 Å². The molecule has 0 aliphatic rings. The summed E-state index contributed by atoms with van der Waals surface area (Å²) in [6.07, 6.45) is 0.